The molecule has 1 aromatic carbocycles. The van der Waals surface area contributed by atoms with E-state index in [1.165, 1.54) is 0 Å². The Kier molecular flexibility index (Phi) is 5.43. The molecule has 0 bridgehead atoms. The van der Waals surface area contributed by atoms with Gasteiger partial charge in [0.1, 0.15) is 11.0 Å². The van der Waals surface area contributed by atoms with Gasteiger partial charge in [-0.3, -0.25) is 0 Å². The van der Waals surface area contributed by atoms with E-state index in [4.69, 9.17) is 34.8 Å². The molecule has 0 unspecified atom stereocenters. The fourth-order valence-electron chi connectivity index (χ4n) is 2.60. The predicted molar refractivity (Wildman–Crippen MR) is 111 cm³/mol. The van der Waals surface area contributed by atoms with Gasteiger partial charge < -0.3 is 10.3 Å². The molecule has 0 amide bonds. The van der Waals surface area contributed by atoms with Crippen molar-refractivity contribution in [1.82, 2.24) is 24.9 Å². The Hall–Kier alpha value is -2.67. The van der Waals surface area contributed by atoms with E-state index in [2.05, 4.69) is 30.2 Å². The first kappa shape index (κ1) is 18.7. The number of imidazole rings is 1. The van der Waals surface area contributed by atoms with Crippen LogP contribution in [0.4, 0.5) is 11.6 Å². The topological polar surface area (TPSA) is 79.4 Å². The zero-order chi connectivity index (χ0) is 19.5. The first-order chi connectivity index (χ1) is 13.6. The number of nitrogens with zero attached hydrogens (tertiary/aromatic N) is 4. The molecule has 4 aromatic rings. The third-order valence-corrected chi connectivity index (χ3v) is 4.88. The second kappa shape index (κ2) is 8.14. The third-order valence-electron chi connectivity index (χ3n) is 3.95. The van der Waals surface area contributed by atoms with Crippen LogP contribution in [0.25, 0.3) is 11.4 Å². The Balaban J connectivity index is 1.54. The fraction of sp³-hybridized carbons (Fsp3) is 0.0526. The molecule has 0 aliphatic rings. The van der Waals surface area contributed by atoms with Crippen molar-refractivity contribution in [2.45, 2.75) is 6.42 Å². The minimum atomic E-state index is 0.420. The van der Waals surface area contributed by atoms with Gasteiger partial charge in [-0.1, -0.05) is 40.9 Å². The summed E-state index contributed by atoms with van der Waals surface area (Å²) in [6, 6.07) is 10.7. The van der Waals surface area contributed by atoms with Gasteiger partial charge in [-0.25, -0.2) is 19.9 Å². The van der Waals surface area contributed by atoms with E-state index in [1.54, 1.807) is 48.9 Å². The van der Waals surface area contributed by atoms with E-state index in [0.717, 1.165) is 22.8 Å². The summed E-state index contributed by atoms with van der Waals surface area (Å²) in [6.45, 7) is 0. The Morgan fingerprint density at radius 2 is 1.71 bits per heavy atom. The van der Waals surface area contributed by atoms with E-state index in [-0.39, 0.29) is 0 Å². The number of H-pyrrole nitrogens is 1. The highest BCUT2D eigenvalue weighted by Gasteiger charge is 2.11. The molecule has 0 saturated carbocycles. The average Bonchev–Trinajstić information content (AvgIpc) is 3.16. The third kappa shape index (κ3) is 4.25. The van der Waals surface area contributed by atoms with Crippen LogP contribution < -0.4 is 5.32 Å². The number of hydrogen-bond donors (Lipinski definition) is 2. The molecule has 4 rings (SSSR count). The maximum Gasteiger partial charge on any atom is 0.227 e. The second-order valence-corrected chi connectivity index (χ2v) is 7.08. The van der Waals surface area contributed by atoms with E-state index in [1.807, 2.05) is 6.07 Å². The lowest BCUT2D eigenvalue weighted by atomic mass is 10.1. The van der Waals surface area contributed by atoms with Gasteiger partial charge in [0.25, 0.3) is 0 Å². The van der Waals surface area contributed by atoms with Crippen molar-refractivity contribution in [3.8, 4) is 11.4 Å². The number of nitrogens with one attached hydrogen (secondary N) is 2. The monoisotopic (exact) mass is 430 g/mol. The molecule has 3 heterocycles. The molecule has 3 aromatic heterocycles. The summed E-state index contributed by atoms with van der Waals surface area (Å²) in [7, 11) is 0. The SMILES string of the molecule is Clc1ccc(Nc2nccc(-c3cnc(Cc4c(Cl)cccc4Cl)[nH]3)n2)cn1. The van der Waals surface area contributed by atoms with E-state index in [9.17, 15) is 0 Å². The number of halogens is 3. The van der Waals surface area contributed by atoms with Crippen molar-refractivity contribution in [2.24, 2.45) is 0 Å². The second-order valence-electron chi connectivity index (χ2n) is 5.88. The predicted octanol–water partition coefficient (Wildman–Crippen LogP) is 5.56. The lowest BCUT2D eigenvalue weighted by Gasteiger charge is -2.06. The van der Waals surface area contributed by atoms with Gasteiger partial charge in [0.2, 0.25) is 5.95 Å². The highest BCUT2D eigenvalue weighted by Crippen LogP contribution is 2.27. The van der Waals surface area contributed by atoms with Gasteiger partial charge in [-0.2, -0.15) is 0 Å². The average molecular weight is 432 g/mol. The molecule has 9 heteroatoms. The van der Waals surface area contributed by atoms with Crippen LogP contribution >= 0.6 is 34.8 Å². The molecule has 0 atom stereocenters. The molecule has 6 nitrogen and oxygen atoms in total. The normalized spacial score (nSPS) is 10.8. The lowest BCUT2D eigenvalue weighted by molar-refractivity contribution is 1.03. The Morgan fingerprint density at radius 1 is 0.893 bits per heavy atom. The summed E-state index contributed by atoms with van der Waals surface area (Å²) >= 11 is 18.3. The largest absolute Gasteiger partial charge is 0.340 e. The summed E-state index contributed by atoms with van der Waals surface area (Å²) in [5.41, 5.74) is 3.02. The molecule has 2 N–H and O–H groups in total. The quantitative estimate of drug-likeness (QED) is 0.405. The van der Waals surface area contributed by atoms with Crippen molar-refractivity contribution >= 4 is 46.4 Å². The summed E-state index contributed by atoms with van der Waals surface area (Å²) in [4.78, 5) is 20.4. The summed E-state index contributed by atoms with van der Waals surface area (Å²) in [6.07, 6.45) is 5.49. The molecule has 140 valence electrons. The lowest BCUT2D eigenvalue weighted by Crippen LogP contribution is -1.98. The number of aromatic nitrogens is 5. The van der Waals surface area contributed by atoms with Gasteiger partial charge in [-0.15, -0.1) is 0 Å². The smallest absolute Gasteiger partial charge is 0.227 e. The minimum absolute atomic E-state index is 0.420. The minimum Gasteiger partial charge on any atom is -0.340 e. The maximum atomic E-state index is 6.24. The van der Waals surface area contributed by atoms with Crippen LogP contribution in [0.1, 0.15) is 11.4 Å². The van der Waals surface area contributed by atoms with Crippen LogP contribution in [0.15, 0.2) is 55.0 Å². The molecular weight excluding hydrogens is 419 g/mol. The standard InChI is InChI=1S/C19H13Cl3N6/c20-13-2-1-3-14(21)12(13)8-18-25-10-16(27-18)15-6-7-23-19(28-15)26-11-4-5-17(22)24-9-11/h1-7,9-10H,8H2,(H,25,27)(H,23,26,28). The molecule has 0 saturated heterocycles. The fourth-order valence-corrected chi connectivity index (χ4v) is 3.24. The van der Waals surface area contributed by atoms with Crippen molar-refractivity contribution in [2.75, 3.05) is 5.32 Å². The van der Waals surface area contributed by atoms with Crippen molar-refractivity contribution in [3.63, 3.8) is 0 Å². The summed E-state index contributed by atoms with van der Waals surface area (Å²) < 4.78 is 0. The Bertz CT molecular complexity index is 1090. The van der Waals surface area contributed by atoms with Crippen LogP contribution in [-0.4, -0.2) is 24.9 Å². The number of rotatable bonds is 5. The summed E-state index contributed by atoms with van der Waals surface area (Å²) in [5.74, 6) is 1.17. The van der Waals surface area contributed by atoms with Crippen LogP contribution in [0, 0.1) is 0 Å². The van der Waals surface area contributed by atoms with Gasteiger partial charge >= 0.3 is 0 Å². The Labute approximate surface area is 176 Å². The zero-order valence-corrected chi connectivity index (χ0v) is 16.6. The van der Waals surface area contributed by atoms with Crippen LogP contribution in [0.5, 0.6) is 0 Å². The van der Waals surface area contributed by atoms with Gasteiger partial charge in [0, 0.05) is 22.7 Å². The number of aromatic amines is 1. The first-order valence-corrected chi connectivity index (χ1v) is 9.40. The van der Waals surface area contributed by atoms with Crippen molar-refractivity contribution in [1.29, 1.82) is 0 Å². The summed E-state index contributed by atoms with van der Waals surface area (Å²) in [5, 5.41) is 4.72. The van der Waals surface area contributed by atoms with Crippen LogP contribution in [-0.2, 0) is 6.42 Å². The number of pyridine rings is 1. The van der Waals surface area contributed by atoms with Gasteiger partial charge in [0.15, 0.2) is 0 Å². The molecule has 0 radical (unpaired) electrons. The Morgan fingerprint density at radius 3 is 2.46 bits per heavy atom. The maximum absolute atomic E-state index is 6.24. The van der Waals surface area contributed by atoms with Crippen molar-refractivity contribution < 1.29 is 0 Å². The highest BCUT2D eigenvalue weighted by molar-refractivity contribution is 6.36. The van der Waals surface area contributed by atoms with Gasteiger partial charge in [-0.05, 0) is 35.9 Å². The zero-order valence-electron chi connectivity index (χ0n) is 14.3. The molecule has 0 fully saturated rings. The molecular formula is C19H13Cl3N6. The highest BCUT2D eigenvalue weighted by atomic mass is 35.5. The number of anilines is 2. The molecule has 0 aliphatic carbocycles. The number of hydrogen-bond acceptors (Lipinski definition) is 5. The van der Waals surface area contributed by atoms with Gasteiger partial charge in [0.05, 0.1) is 29.5 Å². The first-order valence-electron chi connectivity index (χ1n) is 8.27. The van der Waals surface area contributed by atoms with E-state index < -0.39 is 0 Å². The number of benzene rings is 1. The molecule has 0 spiro atoms. The molecule has 0 aliphatic heterocycles. The van der Waals surface area contributed by atoms with Crippen LogP contribution in [0.2, 0.25) is 15.2 Å². The van der Waals surface area contributed by atoms with Crippen molar-refractivity contribution in [3.05, 3.63) is 81.6 Å². The molecule has 28 heavy (non-hydrogen) atoms. The van der Waals surface area contributed by atoms with Crippen LogP contribution in [0.3, 0.4) is 0 Å². The van der Waals surface area contributed by atoms with E-state index >= 15 is 0 Å². The van der Waals surface area contributed by atoms with E-state index in [0.29, 0.717) is 33.3 Å².